The Labute approximate surface area is 99.6 Å². The Kier molecular flexibility index (Phi) is 4.49. The van der Waals surface area contributed by atoms with Gasteiger partial charge in [0.15, 0.2) is 0 Å². The minimum absolute atomic E-state index is 0.0577. The fraction of sp³-hybridized carbons (Fsp3) is 0.167. The van der Waals surface area contributed by atoms with Gasteiger partial charge in [0.2, 0.25) is 0 Å². The van der Waals surface area contributed by atoms with Crippen LogP contribution in [0.4, 0.5) is 0 Å². The molecule has 2 N–H and O–H groups in total. The summed E-state index contributed by atoms with van der Waals surface area (Å²) in [5.74, 6) is 5.19. The number of hydrogen-bond donors (Lipinski definition) is 1. The molecule has 16 heavy (non-hydrogen) atoms. The summed E-state index contributed by atoms with van der Waals surface area (Å²) in [4.78, 5) is 11.1. The van der Waals surface area contributed by atoms with Crippen LogP contribution in [0.25, 0.3) is 0 Å². The summed E-state index contributed by atoms with van der Waals surface area (Å²) >= 11 is 4.89. The van der Waals surface area contributed by atoms with Crippen LogP contribution in [0.5, 0.6) is 0 Å². The summed E-state index contributed by atoms with van der Waals surface area (Å²) in [6.45, 7) is 0. The van der Waals surface area contributed by atoms with Crippen molar-refractivity contribution in [3.05, 3.63) is 35.4 Å². The van der Waals surface area contributed by atoms with E-state index in [1.807, 2.05) is 12.1 Å². The highest BCUT2D eigenvalue weighted by atomic mass is 32.1. The monoisotopic (exact) mass is 233 g/mol. The van der Waals surface area contributed by atoms with Crippen molar-refractivity contribution in [1.29, 1.82) is 0 Å². The molecule has 3 nitrogen and oxygen atoms in total. The van der Waals surface area contributed by atoms with Crippen LogP contribution in [0.2, 0.25) is 0 Å². The lowest BCUT2D eigenvalue weighted by Crippen LogP contribution is -2.11. The van der Waals surface area contributed by atoms with E-state index >= 15 is 0 Å². The molecule has 0 aliphatic rings. The standard InChI is InChI=1S/C12H11NO2S/c1-15-11(14)8-4-6-9-5-2-3-7-10(9)12(13)16/h2-3,5,7H,8H2,1H3,(H2,13,16). The number of thiocarbonyl (C=S) groups is 1. The van der Waals surface area contributed by atoms with Gasteiger partial charge >= 0.3 is 5.97 Å². The summed E-state index contributed by atoms with van der Waals surface area (Å²) < 4.78 is 4.47. The molecule has 1 aromatic carbocycles. The predicted octanol–water partition coefficient (Wildman–Crippen LogP) is 1.24. The first-order valence-corrected chi connectivity index (χ1v) is 5.00. The number of hydrogen-bond acceptors (Lipinski definition) is 3. The fourth-order valence-corrected chi connectivity index (χ4v) is 1.27. The van der Waals surface area contributed by atoms with Crippen LogP contribution in [0, 0.1) is 11.8 Å². The molecule has 1 aromatic rings. The maximum absolute atomic E-state index is 10.8. The molecule has 0 spiro atoms. The van der Waals surface area contributed by atoms with Crippen molar-refractivity contribution in [2.75, 3.05) is 7.11 Å². The molecule has 0 heterocycles. The zero-order valence-electron chi connectivity index (χ0n) is 8.82. The van der Waals surface area contributed by atoms with Gasteiger partial charge in [0.25, 0.3) is 0 Å². The maximum atomic E-state index is 10.8. The van der Waals surface area contributed by atoms with E-state index in [0.717, 1.165) is 11.1 Å². The Bertz CT molecular complexity index is 471. The first-order valence-electron chi connectivity index (χ1n) is 4.59. The number of esters is 1. The average Bonchev–Trinajstić information content (AvgIpc) is 2.29. The van der Waals surface area contributed by atoms with Gasteiger partial charge in [-0.1, -0.05) is 42.3 Å². The second kappa shape index (κ2) is 5.89. The van der Waals surface area contributed by atoms with E-state index in [2.05, 4.69) is 16.6 Å². The molecule has 0 aliphatic carbocycles. The minimum atomic E-state index is -0.361. The van der Waals surface area contributed by atoms with Crippen LogP contribution in [0.1, 0.15) is 17.5 Å². The molecule has 0 bridgehead atoms. The number of nitrogens with two attached hydrogens (primary N) is 1. The summed E-state index contributed by atoms with van der Waals surface area (Å²) in [5, 5.41) is 0. The van der Waals surface area contributed by atoms with Crippen LogP contribution in [-0.4, -0.2) is 18.1 Å². The minimum Gasteiger partial charge on any atom is -0.468 e. The van der Waals surface area contributed by atoms with Crippen molar-refractivity contribution in [2.45, 2.75) is 6.42 Å². The molecule has 0 unspecified atom stereocenters. The number of methoxy groups -OCH3 is 1. The quantitative estimate of drug-likeness (QED) is 0.474. The molecule has 0 atom stereocenters. The van der Waals surface area contributed by atoms with Gasteiger partial charge in [0.05, 0.1) is 7.11 Å². The van der Waals surface area contributed by atoms with Crippen LogP contribution >= 0.6 is 12.2 Å². The molecule has 1 rings (SSSR count). The molecule has 0 saturated heterocycles. The van der Waals surface area contributed by atoms with Gasteiger partial charge in [-0.05, 0) is 6.07 Å². The van der Waals surface area contributed by atoms with Gasteiger partial charge in [-0.2, -0.15) is 0 Å². The van der Waals surface area contributed by atoms with Crippen molar-refractivity contribution >= 4 is 23.2 Å². The zero-order valence-corrected chi connectivity index (χ0v) is 9.64. The number of benzene rings is 1. The first-order chi connectivity index (χ1) is 7.65. The molecule has 0 aromatic heterocycles. The third kappa shape index (κ3) is 3.37. The lowest BCUT2D eigenvalue weighted by molar-refractivity contribution is -0.139. The largest absolute Gasteiger partial charge is 0.468 e. The number of carbonyl (C=O) groups excluding carboxylic acids is 1. The molecule has 0 aliphatic heterocycles. The number of carbonyl (C=O) groups is 1. The zero-order chi connectivity index (χ0) is 12.0. The molecule has 4 heteroatoms. The topological polar surface area (TPSA) is 52.3 Å². The van der Waals surface area contributed by atoms with Crippen LogP contribution in [-0.2, 0) is 9.53 Å². The van der Waals surface area contributed by atoms with Crippen LogP contribution in [0.3, 0.4) is 0 Å². The lowest BCUT2D eigenvalue weighted by atomic mass is 10.1. The predicted molar refractivity (Wildman–Crippen MR) is 65.8 cm³/mol. The number of ether oxygens (including phenoxy) is 1. The molecular weight excluding hydrogens is 222 g/mol. The molecule has 0 amide bonds. The summed E-state index contributed by atoms with van der Waals surface area (Å²) in [7, 11) is 1.33. The van der Waals surface area contributed by atoms with Gasteiger partial charge < -0.3 is 10.5 Å². The van der Waals surface area contributed by atoms with Gasteiger partial charge in [0.1, 0.15) is 11.4 Å². The van der Waals surface area contributed by atoms with E-state index in [1.54, 1.807) is 12.1 Å². The van der Waals surface area contributed by atoms with E-state index in [9.17, 15) is 4.79 Å². The fourth-order valence-electron chi connectivity index (χ4n) is 1.09. The summed E-state index contributed by atoms with van der Waals surface area (Å²) in [6, 6.07) is 7.27. The van der Waals surface area contributed by atoms with Crippen molar-refractivity contribution in [3.8, 4) is 11.8 Å². The highest BCUT2D eigenvalue weighted by Crippen LogP contribution is 2.06. The SMILES string of the molecule is COC(=O)CC#Cc1ccccc1C(N)=S. The van der Waals surface area contributed by atoms with Crippen molar-refractivity contribution < 1.29 is 9.53 Å². The molecule has 0 saturated carbocycles. The second-order valence-corrected chi connectivity index (χ2v) is 3.40. The van der Waals surface area contributed by atoms with Gasteiger partial charge in [-0.25, -0.2) is 0 Å². The Balaban J connectivity index is 2.88. The average molecular weight is 233 g/mol. The highest BCUT2D eigenvalue weighted by Gasteiger charge is 2.01. The summed E-state index contributed by atoms with van der Waals surface area (Å²) in [5.41, 5.74) is 6.98. The maximum Gasteiger partial charge on any atom is 0.317 e. The van der Waals surface area contributed by atoms with Crippen molar-refractivity contribution in [1.82, 2.24) is 0 Å². The van der Waals surface area contributed by atoms with E-state index in [4.69, 9.17) is 18.0 Å². The molecule has 82 valence electrons. The van der Waals surface area contributed by atoms with Gasteiger partial charge in [-0.3, -0.25) is 4.79 Å². The van der Waals surface area contributed by atoms with Crippen LogP contribution < -0.4 is 5.73 Å². The Morgan fingerprint density at radius 3 is 2.81 bits per heavy atom. The Hall–Kier alpha value is -1.86. The van der Waals surface area contributed by atoms with Crippen molar-refractivity contribution in [2.24, 2.45) is 5.73 Å². The first kappa shape index (κ1) is 12.2. The normalized spacial score (nSPS) is 8.81. The highest BCUT2D eigenvalue weighted by molar-refractivity contribution is 7.80. The summed E-state index contributed by atoms with van der Waals surface area (Å²) in [6.07, 6.45) is 0.0577. The van der Waals surface area contributed by atoms with E-state index in [0.29, 0.717) is 4.99 Å². The third-order valence-electron chi connectivity index (χ3n) is 1.88. The molecular formula is C12H11NO2S. The Morgan fingerprint density at radius 1 is 1.50 bits per heavy atom. The van der Waals surface area contributed by atoms with E-state index in [1.165, 1.54) is 7.11 Å². The van der Waals surface area contributed by atoms with Gasteiger partial charge in [-0.15, -0.1) is 0 Å². The van der Waals surface area contributed by atoms with Crippen molar-refractivity contribution in [3.63, 3.8) is 0 Å². The Morgan fingerprint density at radius 2 is 2.19 bits per heavy atom. The second-order valence-electron chi connectivity index (χ2n) is 2.96. The lowest BCUT2D eigenvalue weighted by Gasteiger charge is -2.00. The van der Waals surface area contributed by atoms with Gasteiger partial charge in [0, 0.05) is 11.1 Å². The molecule has 0 fully saturated rings. The van der Waals surface area contributed by atoms with E-state index < -0.39 is 0 Å². The molecule has 0 radical (unpaired) electrons. The van der Waals surface area contributed by atoms with E-state index in [-0.39, 0.29) is 12.4 Å². The van der Waals surface area contributed by atoms with Crippen LogP contribution in [0.15, 0.2) is 24.3 Å². The number of rotatable bonds is 2. The third-order valence-corrected chi connectivity index (χ3v) is 2.10. The smallest absolute Gasteiger partial charge is 0.317 e.